The van der Waals surface area contributed by atoms with Crippen LogP contribution in [0.1, 0.15) is 42.1 Å². The number of aryl methyl sites for hydroxylation is 1. The smallest absolute Gasteiger partial charge is 0.309 e. The molecule has 3 heterocycles. The number of carbonyl (C=O) groups excluding carboxylic acids is 2. The minimum Gasteiger partial charge on any atom is -0.481 e. The number of ether oxygens (including phenoxy) is 2. The lowest BCUT2D eigenvalue weighted by Gasteiger charge is -2.31. The highest BCUT2D eigenvalue weighted by atomic mass is 35.5. The van der Waals surface area contributed by atoms with Gasteiger partial charge in [-0.05, 0) is 50.6 Å². The molecule has 0 radical (unpaired) electrons. The number of anilines is 1. The number of piperidine rings is 1. The number of methoxy groups -OCH3 is 1. The van der Waals surface area contributed by atoms with E-state index in [0.717, 1.165) is 42.6 Å². The number of pyridine rings is 1. The Kier molecular flexibility index (Phi) is 10.7. The van der Waals surface area contributed by atoms with Crippen LogP contribution in [0.4, 0.5) is 5.69 Å². The van der Waals surface area contributed by atoms with Gasteiger partial charge in [0.05, 0.1) is 41.1 Å². The van der Waals surface area contributed by atoms with E-state index in [2.05, 4.69) is 15.3 Å². The molecule has 1 saturated heterocycles. The summed E-state index contributed by atoms with van der Waals surface area (Å²) in [6.45, 7) is 4.66. The number of halogens is 2. The van der Waals surface area contributed by atoms with E-state index < -0.39 is 11.5 Å². The SMILES string of the molecule is CCCOC(=O)C1CCN(Cc2ccc(-c3cccc(-c4cccc(NC(=O)c5ccnn(C)c5=O)c4Cl)c3Cl)nc2OC)CC1. The molecule has 0 aliphatic carbocycles. The van der Waals surface area contributed by atoms with Crippen LogP contribution in [0.3, 0.4) is 0 Å². The van der Waals surface area contributed by atoms with Gasteiger partial charge in [0.25, 0.3) is 11.5 Å². The van der Waals surface area contributed by atoms with Crippen molar-refractivity contribution in [3.05, 3.63) is 92.3 Å². The second-order valence-corrected chi connectivity index (χ2v) is 11.8. The number of aromatic nitrogens is 3. The van der Waals surface area contributed by atoms with Gasteiger partial charge in [0.2, 0.25) is 5.88 Å². The van der Waals surface area contributed by atoms with Crippen molar-refractivity contribution in [2.45, 2.75) is 32.7 Å². The van der Waals surface area contributed by atoms with Gasteiger partial charge in [-0.25, -0.2) is 9.67 Å². The highest BCUT2D eigenvalue weighted by molar-refractivity contribution is 6.39. The number of nitrogens with one attached hydrogen (secondary N) is 1. The van der Waals surface area contributed by atoms with Gasteiger partial charge in [-0.2, -0.15) is 5.10 Å². The predicted octanol–water partition coefficient (Wildman–Crippen LogP) is 6.24. The van der Waals surface area contributed by atoms with Gasteiger partial charge in [-0.15, -0.1) is 0 Å². The lowest BCUT2D eigenvalue weighted by atomic mass is 9.96. The lowest BCUT2D eigenvalue weighted by molar-refractivity contribution is -0.150. The molecular formula is C34H35Cl2N5O5. The molecule has 1 aliphatic heterocycles. The van der Waals surface area contributed by atoms with E-state index in [-0.39, 0.29) is 22.5 Å². The molecule has 0 bridgehead atoms. The van der Waals surface area contributed by atoms with Crippen LogP contribution in [-0.4, -0.2) is 58.3 Å². The Morgan fingerprint density at radius 2 is 1.67 bits per heavy atom. The summed E-state index contributed by atoms with van der Waals surface area (Å²) in [5, 5.41) is 7.28. The molecule has 10 nitrogen and oxygen atoms in total. The Balaban J connectivity index is 1.35. The Labute approximate surface area is 277 Å². The molecule has 0 saturated carbocycles. The van der Waals surface area contributed by atoms with Gasteiger partial charge in [-0.1, -0.05) is 66.5 Å². The van der Waals surface area contributed by atoms with E-state index in [0.29, 0.717) is 52.1 Å². The molecule has 2 aromatic heterocycles. The van der Waals surface area contributed by atoms with Crippen molar-refractivity contribution in [3.63, 3.8) is 0 Å². The first kappa shape index (κ1) is 33.1. The maximum atomic E-state index is 12.9. The first-order chi connectivity index (χ1) is 22.2. The van der Waals surface area contributed by atoms with Crippen LogP contribution in [0, 0.1) is 5.92 Å². The second-order valence-electron chi connectivity index (χ2n) is 11.0. The number of benzene rings is 2. The molecule has 4 aromatic rings. The van der Waals surface area contributed by atoms with Crippen LogP contribution in [0.2, 0.25) is 10.0 Å². The first-order valence-corrected chi connectivity index (χ1v) is 15.8. The number of nitrogens with zero attached hydrogens (tertiary/aromatic N) is 4. The number of hydrogen-bond donors (Lipinski definition) is 1. The summed E-state index contributed by atoms with van der Waals surface area (Å²) in [7, 11) is 3.06. The van der Waals surface area contributed by atoms with E-state index >= 15 is 0 Å². The van der Waals surface area contributed by atoms with Crippen molar-refractivity contribution < 1.29 is 19.1 Å². The van der Waals surface area contributed by atoms with Gasteiger partial charge in [-0.3, -0.25) is 19.3 Å². The van der Waals surface area contributed by atoms with Crippen molar-refractivity contribution in [2.75, 3.05) is 32.1 Å². The molecule has 0 spiro atoms. The zero-order valence-electron chi connectivity index (χ0n) is 25.9. The molecule has 240 valence electrons. The zero-order valence-corrected chi connectivity index (χ0v) is 27.4. The van der Waals surface area contributed by atoms with Gasteiger partial charge in [0, 0.05) is 42.0 Å². The number of carbonyl (C=O) groups is 2. The number of likely N-dealkylation sites (tertiary alicyclic amines) is 1. The number of hydrogen-bond acceptors (Lipinski definition) is 8. The maximum Gasteiger partial charge on any atom is 0.309 e. The Bertz CT molecular complexity index is 1800. The van der Waals surface area contributed by atoms with Crippen molar-refractivity contribution >= 4 is 40.8 Å². The monoisotopic (exact) mass is 663 g/mol. The molecule has 2 aromatic carbocycles. The van der Waals surface area contributed by atoms with Gasteiger partial charge in [0.15, 0.2) is 0 Å². The molecule has 12 heteroatoms. The molecule has 1 N–H and O–H groups in total. The summed E-state index contributed by atoms with van der Waals surface area (Å²) in [6.07, 6.45) is 3.72. The Morgan fingerprint density at radius 1 is 0.978 bits per heavy atom. The summed E-state index contributed by atoms with van der Waals surface area (Å²) < 4.78 is 12.1. The average molecular weight is 665 g/mol. The van der Waals surface area contributed by atoms with Crippen LogP contribution >= 0.6 is 23.2 Å². The van der Waals surface area contributed by atoms with Crippen molar-refractivity contribution in [1.82, 2.24) is 19.7 Å². The fourth-order valence-electron chi connectivity index (χ4n) is 5.45. The number of amides is 1. The molecule has 1 fully saturated rings. The molecule has 1 amide bonds. The molecule has 5 rings (SSSR count). The van der Waals surface area contributed by atoms with Crippen LogP contribution in [0.5, 0.6) is 5.88 Å². The van der Waals surface area contributed by atoms with Gasteiger partial charge >= 0.3 is 5.97 Å². The van der Waals surface area contributed by atoms with Crippen molar-refractivity contribution in [3.8, 4) is 28.3 Å². The van der Waals surface area contributed by atoms with E-state index in [4.69, 9.17) is 37.7 Å². The summed E-state index contributed by atoms with van der Waals surface area (Å²) >= 11 is 13.8. The standard InChI is InChI=1S/C34H35Cl2N5O5/c1-4-19-46-34(44)21-14-17-41(18-15-21)20-22-11-12-27(39-32(22)45-3)25-9-5-7-23(29(25)35)24-8-6-10-28(30(24)36)38-31(42)26-13-16-37-40(2)33(26)43/h5-13,16,21H,4,14-15,17-20H2,1-3H3,(H,38,42). The third kappa shape index (κ3) is 7.25. The van der Waals surface area contributed by atoms with E-state index in [9.17, 15) is 14.4 Å². The Morgan fingerprint density at radius 3 is 2.39 bits per heavy atom. The fourth-order valence-corrected chi connectivity index (χ4v) is 6.05. The summed E-state index contributed by atoms with van der Waals surface area (Å²) in [5.41, 5.74) is 3.23. The first-order valence-electron chi connectivity index (χ1n) is 15.1. The minimum atomic E-state index is -0.600. The third-order valence-electron chi connectivity index (χ3n) is 7.96. The van der Waals surface area contributed by atoms with E-state index in [1.807, 2.05) is 37.3 Å². The van der Waals surface area contributed by atoms with Crippen LogP contribution in [-0.2, 0) is 23.1 Å². The van der Waals surface area contributed by atoms with E-state index in [1.165, 1.54) is 19.3 Å². The topological polar surface area (TPSA) is 116 Å². The molecular weight excluding hydrogens is 629 g/mol. The highest BCUT2D eigenvalue weighted by Crippen LogP contribution is 2.41. The maximum absolute atomic E-state index is 12.9. The zero-order chi connectivity index (χ0) is 32.8. The minimum absolute atomic E-state index is 0.0550. The molecule has 1 aliphatic rings. The number of esters is 1. The Hall–Kier alpha value is -4.25. The lowest BCUT2D eigenvalue weighted by Crippen LogP contribution is -2.36. The van der Waals surface area contributed by atoms with Gasteiger partial charge < -0.3 is 14.8 Å². The normalized spacial score (nSPS) is 13.8. The van der Waals surface area contributed by atoms with Crippen LogP contribution in [0.25, 0.3) is 22.4 Å². The largest absolute Gasteiger partial charge is 0.481 e. The quantitative estimate of drug-likeness (QED) is 0.198. The average Bonchev–Trinajstić information content (AvgIpc) is 3.06. The van der Waals surface area contributed by atoms with Crippen LogP contribution < -0.4 is 15.6 Å². The summed E-state index contributed by atoms with van der Waals surface area (Å²) in [4.78, 5) is 44.6. The molecule has 46 heavy (non-hydrogen) atoms. The third-order valence-corrected chi connectivity index (χ3v) is 8.77. The molecule has 0 unspecified atom stereocenters. The predicted molar refractivity (Wildman–Crippen MR) is 178 cm³/mol. The highest BCUT2D eigenvalue weighted by Gasteiger charge is 2.27. The van der Waals surface area contributed by atoms with Crippen molar-refractivity contribution in [1.29, 1.82) is 0 Å². The van der Waals surface area contributed by atoms with E-state index in [1.54, 1.807) is 25.3 Å². The van der Waals surface area contributed by atoms with Gasteiger partial charge in [0.1, 0.15) is 5.56 Å². The molecule has 0 atom stereocenters. The summed E-state index contributed by atoms with van der Waals surface area (Å²) in [5.74, 6) is -0.259. The second kappa shape index (κ2) is 14.9. The fraction of sp³-hybridized carbons (Fsp3) is 0.324. The summed E-state index contributed by atoms with van der Waals surface area (Å²) in [6, 6.07) is 16.0. The van der Waals surface area contributed by atoms with Crippen LogP contribution in [0.15, 0.2) is 65.6 Å². The van der Waals surface area contributed by atoms with Crippen molar-refractivity contribution in [2.24, 2.45) is 13.0 Å². The number of rotatable bonds is 10.